The van der Waals surface area contributed by atoms with Crippen molar-refractivity contribution in [2.75, 3.05) is 31.1 Å². The van der Waals surface area contributed by atoms with Gasteiger partial charge in [-0.05, 0) is 31.0 Å². The predicted molar refractivity (Wildman–Crippen MR) is 114 cm³/mol. The van der Waals surface area contributed by atoms with Gasteiger partial charge in [0.25, 0.3) is 0 Å². The Hall–Kier alpha value is -2.73. The van der Waals surface area contributed by atoms with Gasteiger partial charge in [-0.15, -0.1) is 11.3 Å². The maximum atomic E-state index is 12.6. The average molecular weight is 393 g/mol. The van der Waals surface area contributed by atoms with Gasteiger partial charge >= 0.3 is 0 Å². The third kappa shape index (κ3) is 4.22. The molecule has 0 atom stereocenters. The Bertz CT molecular complexity index is 932. The van der Waals surface area contributed by atoms with Crippen molar-refractivity contribution in [3.63, 3.8) is 0 Å². The molecule has 0 N–H and O–H groups in total. The van der Waals surface area contributed by atoms with Crippen LogP contribution in [0.2, 0.25) is 0 Å². The second kappa shape index (κ2) is 8.52. The molecule has 1 aromatic carbocycles. The largest absolute Gasteiger partial charge is 0.353 e. The Kier molecular flexibility index (Phi) is 5.67. The fraction of sp³-hybridized carbons (Fsp3) is 0.318. The zero-order valence-electron chi connectivity index (χ0n) is 16.0. The number of anilines is 1. The summed E-state index contributed by atoms with van der Waals surface area (Å²) in [5, 5.41) is 3.11. The SMILES string of the molecule is Cc1ccccc1-c1nc(CCC(=O)N2CCN(c3ccccn3)CC2)cs1. The summed E-state index contributed by atoms with van der Waals surface area (Å²) < 4.78 is 0. The molecule has 0 aliphatic carbocycles. The van der Waals surface area contributed by atoms with Crippen molar-refractivity contribution in [1.82, 2.24) is 14.9 Å². The van der Waals surface area contributed by atoms with E-state index in [1.165, 1.54) is 11.1 Å². The minimum Gasteiger partial charge on any atom is -0.353 e. The lowest BCUT2D eigenvalue weighted by Crippen LogP contribution is -2.49. The molecule has 0 spiro atoms. The molecule has 0 radical (unpaired) electrons. The molecular formula is C22H24N4OS. The van der Waals surface area contributed by atoms with Gasteiger partial charge in [-0.2, -0.15) is 0 Å². The molecule has 144 valence electrons. The number of carbonyl (C=O) groups is 1. The fourth-order valence-corrected chi connectivity index (χ4v) is 4.42. The molecule has 28 heavy (non-hydrogen) atoms. The number of aryl methyl sites for hydroxylation is 2. The van der Waals surface area contributed by atoms with Crippen LogP contribution in [-0.2, 0) is 11.2 Å². The summed E-state index contributed by atoms with van der Waals surface area (Å²) in [5.74, 6) is 1.20. The Morgan fingerprint density at radius 2 is 1.86 bits per heavy atom. The van der Waals surface area contributed by atoms with Crippen LogP contribution >= 0.6 is 11.3 Å². The van der Waals surface area contributed by atoms with Gasteiger partial charge in [0.05, 0.1) is 5.69 Å². The summed E-state index contributed by atoms with van der Waals surface area (Å²) in [7, 11) is 0. The average Bonchev–Trinajstić information content (AvgIpc) is 3.22. The molecule has 4 rings (SSSR count). The lowest BCUT2D eigenvalue weighted by Gasteiger charge is -2.35. The zero-order chi connectivity index (χ0) is 19.3. The van der Waals surface area contributed by atoms with Gasteiger partial charge in [-0.1, -0.05) is 30.3 Å². The van der Waals surface area contributed by atoms with Crippen LogP contribution in [0.25, 0.3) is 10.6 Å². The fourth-order valence-electron chi connectivity index (χ4n) is 3.48. The molecular weight excluding hydrogens is 368 g/mol. The quantitative estimate of drug-likeness (QED) is 0.663. The van der Waals surface area contributed by atoms with Gasteiger partial charge in [0.2, 0.25) is 5.91 Å². The van der Waals surface area contributed by atoms with Crippen LogP contribution in [0.4, 0.5) is 5.82 Å². The van der Waals surface area contributed by atoms with Crippen LogP contribution in [0, 0.1) is 6.92 Å². The molecule has 1 aliphatic heterocycles. The summed E-state index contributed by atoms with van der Waals surface area (Å²) in [6.45, 7) is 5.26. The molecule has 3 aromatic rings. The predicted octanol–water partition coefficient (Wildman–Crippen LogP) is 3.79. The number of pyridine rings is 1. The first kappa shape index (κ1) is 18.6. The van der Waals surface area contributed by atoms with E-state index in [2.05, 4.69) is 34.3 Å². The Balaban J connectivity index is 1.29. The van der Waals surface area contributed by atoms with E-state index in [0.717, 1.165) is 42.7 Å². The molecule has 1 amide bonds. The van der Waals surface area contributed by atoms with Crippen molar-refractivity contribution in [3.05, 3.63) is 65.3 Å². The summed E-state index contributed by atoms with van der Waals surface area (Å²) in [4.78, 5) is 26.0. The van der Waals surface area contributed by atoms with Crippen LogP contribution in [0.1, 0.15) is 17.7 Å². The standard InChI is InChI=1S/C22H24N4OS/c1-17-6-2-3-7-19(17)22-24-18(16-28-22)9-10-21(27)26-14-12-25(13-15-26)20-8-4-5-11-23-20/h2-8,11,16H,9-10,12-15H2,1H3. The third-order valence-corrected chi connectivity index (χ3v) is 6.05. The Morgan fingerprint density at radius 3 is 2.61 bits per heavy atom. The molecule has 6 heteroatoms. The number of benzene rings is 1. The number of nitrogens with zero attached hydrogens (tertiary/aromatic N) is 4. The monoisotopic (exact) mass is 392 g/mol. The highest BCUT2D eigenvalue weighted by Gasteiger charge is 2.21. The van der Waals surface area contributed by atoms with E-state index in [1.807, 2.05) is 41.4 Å². The van der Waals surface area contributed by atoms with Crippen molar-refractivity contribution in [2.24, 2.45) is 0 Å². The van der Waals surface area contributed by atoms with Gasteiger partial charge in [0.1, 0.15) is 10.8 Å². The first-order valence-electron chi connectivity index (χ1n) is 9.65. The molecule has 0 saturated carbocycles. The van der Waals surface area contributed by atoms with Crippen LogP contribution in [0.3, 0.4) is 0 Å². The number of aromatic nitrogens is 2. The lowest BCUT2D eigenvalue weighted by molar-refractivity contribution is -0.131. The van der Waals surface area contributed by atoms with Crippen LogP contribution in [0.15, 0.2) is 54.0 Å². The second-order valence-electron chi connectivity index (χ2n) is 7.01. The van der Waals surface area contributed by atoms with Crippen LogP contribution in [-0.4, -0.2) is 47.0 Å². The lowest BCUT2D eigenvalue weighted by atomic mass is 10.1. The minimum atomic E-state index is 0.214. The minimum absolute atomic E-state index is 0.214. The van der Waals surface area contributed by atoms with E-state index in [4.69, 9.17) is 4.98 Å². The molecule has 0 unspecified atom stereocenters. The highest BCUT2D eigenvalue weighted by Crippen LogP contribution is 2.27. The molecule has 3 heterocycles. The zero-order valence-corrected chi connectivity index (χ0v) is 16.9. The number of rotatable bonds is 5. The summed E-state index contributed by atoms with van der Waals surface area (Å²) in [6.07, 6.45) is 3.02. The van der Waals surface area contributed by atoms with E-state index in [9.17, 15) is 4.79 Å². The van der Waals surface area contributed by atoms with Crippen LogP contribution < -0.4 is 4.90 Å². The van der Waals surface area contributed by atoms with E-state index in [-0.39, 0.29) is 5.91 Å². The van der Waals surface area contributed by atoms with E-state index >= 15 is 0 Å². The normalized spacial score (nSPS) is 14.3. The van der Waals surface area contributed by atoms with Gasteiger partial charge in [-0.25, -0.2) is 9.97 Å². The van der Waals surface area contributed by atoms with Crippen molar-refractivity contribution in [1.29, 1.82) is 0 Å². The number of carbonyl (C=O) groups excluding carboxylic acids is 1. The van der Waals surface area contributed by atoms with E-state index in [0.29, 0.717) is 12.8 Å². The van der Waals surface area contributed by atoms with Crippen molar-refractivity contribution in [2.45, 2.75) is 19.8 Å². The topological polar surface area (TPSA) is 49.3 Å². The summed E-state index contributed by atoms with van der Waals surface area (Å²) in [6, 6.07) is 14.2. The summed E-state index contributed by atoms with van der Waals surface area (Å²) in [5.41, 5.74) is 3.41. The summed E-state index contributed by atoms with van der Waals surface area (Å²) >= 11 is 1.65. The number of amides is 1. The Labute approximate surface area is 169 Å². The molecule has 1 fully saturated rings. The van der Waals surface area contributed by atoms with E-state index < -0.39 is 0 Å². The molecule has 5 nitrogen and oxygen atoms in total. The highest BCUT2D eigenvalue weighted by molar-refractivity contribution is 7.13. The van der Waals surface area contributed by atoms with Crippen molar-refractivity contribution < 1.29 is 4.79 Å². The number of piperazine rings is 1. The molecule has 0 bridgehead atoms. The molecule has 2 aromatic heterocycles. The van der Waals surface area contributed by atoms with Crippen molar-refractivity contribution in [3.8, 4) is 10.6 Å². The van der Waals surface area contributed by atoms with Gasteiger partial charge in [0, 0.05) is 49.7 Å². The molecule has 1 aliphatic rings. The number of hydrogen-bond acceptors (Lipinski definition) is 5. The van der Waals surface area contributed by atoms with Gasteiger partial charge < -0.3 is 9.80 Å². The number of hydrogen-bond donors (Lipinski definition) is 0. The number of thiazole rings is 1. The molecule has 1 saturated heterocycles. The smallest absolute Gasteiger partial charge is 0.223 e. The highest BCUT2D eigenvalue weighted by atomic mass is 32.1. The maximum Gasteiger partial charge on any atom is 0.223 e. The van der Waals surface area contributed by atoms with Gasteiger partial charge in [-0.3, -0.25) is 4.79 Å². The van der Waals surface area contributed by atoms with Gasteiger partial charge in [0.15, 0.2) is 0 Å². The second-order valence-corrected chi connectivity index (χ2v) is 7.87. The third-order valence-electron chi connectivity index (χ3n) is 5.13. The van der Waals surface area contributed by atoms with Crippen molar-refractivity contribution >= 4 is 23.1 Å². The Morgan fingerprint density at radius 1 is 1.07 bits per heavy atom. The van der Waals surface area contributed by atoms with E-state index in [1.54, 1.807) is 11.3 Å². The first-order valence-corrected chi connectivity index (χ1v) is 10.5. The first-order chi connectivity index (χ1) is 13.7. The van der Waals surface area contributed by atoms with Crippen LogP contribution in [0.5, 0.6) is 0 Å². The maximum absolute atomic E-state index is 12.6.